The van der Waals surface area contributed by atoms with Crippen LogP contribution in [0, 0.1) is 0 Å². The number of likely N-dealkylation sites (tertiary alicyclic amines) is 2. The topological polar surface area (TPSA) is 113 Å². The van der Waals surface area contributed by atoms with Crippen LogP contribution in [0.5, 0.6) is 17.2 Å². The van der Waals surface area contributed by atoms with Crippen molar-refractivity contribution in [3.05, 3.63) is 88.4 Å². The Bertz CT molecular complexity index is 1770. The fraction of sp³-hybridized carbons (Fsp3) is 0.500. The number of carbonyl (C=O) groups is 3. The highest BCUT2D eigenvalue weighted by Crippen LogP contribution is 2.43. The first-order valence-corrected chi connectivity index (χ1v) is 19.6. The normalized spacial score (nSPS) is 20.5. The van der Waals surface area contributed by atoms with Gasteiger partial charge < -0.3 is 28.7 Å². The van der Waals surface area contributed by atoms with Crippen LogP contribution in [0.1, 0.15) is 54.1 Å². The molecule has 0 spiro atoms. The molecule has 3 aliphatic rings. The van der Waals surface area contributed by atoms with Crippen molar-refractivity contribution in [1.29, 1.82) is 0 Å². The van der Waals surface area contributed by atoms with Crippen molar-refractivity contribution < 1.29 is 33.3 Å². The number of hydrogen-bond acceptors (Lipinski definition) is 10. The van der Waals surface area contributed by atoms with Crippen LogP contribution >= 0.6 is 11.6 Å². The number of halogens is 1. The van der Waals surface area contributed by atoms with Crippen LogP contribution in [0.15, 0.2) is 66.7 Å². The summed E-state index contributed by atoms with van der Waals surface area (Å²) in [6.45, 7) is 8.52. The molecule has 0 bridgehead atoms. The lowest BCUT2D eigenvalue weighted by Gasteiger charge is -2.43. The number of nitrogens with zero attached hydrogens (tertiary/aromatic N) is 4. The largest absolute Gasteiger partial charge is 0.493 e. The van der Waals surface area contributed by atoms with Crippen LogP contribution in [-0.2, 0) is 25.2 Å². The SMILES string of the molecule is CCOC(=O)CN1CCN(NC(=O)C2(c3ccccc3)CCN(CCC3(c4cccc(Cl)c4)CCN(C(=O)c4cc(OC)c(OC)c(OC)c4)C3)CC2)CC1. The smallest absolute Gasteiger partial charge is 0.320 e. The van der Waals surface area contributed by atoms with Crippen LogP contribution in [0.3, 0.4) is 0 Å². The predicted octanol–water partition coefficient (Wildman–Crippen LogP) is 4.79. The number of piperazine rings is 1. The number of amides is 2. The Hall–Kier alpha value is -4.36. The van der Waals surface area contributed by atoms with E-state index in [1.54, 1.807) is 33.5 Å². The number of hydrogen-bond donors (Lipinski definition) is 1. The van der Waals surface area contributed by atoms with Crippen molar-refractivity contribution in [2.75, 3.05) is 93.4 Å². The molecule has 12 nitrogen and oxygen atoms in total. The van der Waals surface area contributed by atoms with Crippen LogP contribution in [0.25, 0.3) is 0 Å². The van der Waals surface area contributed by atoms with Gasteiger partial charge in [0.15, 0.2) is 11.5 Å². The molecule has 3 heterocycles. The number of piperidine rings is 1. The summed E-state index contributed by atoms with van der Waals surface area (Å²) >= 11 is 6.56. The third-order valence-corrected chi connectivity index (χ3v) is 11.9. The highest BCUT2D eigenvalue weighted by Gasteiger charge is 2.46. The zero-order valence-electron chi connectivity index (χ0n) is 32.5. The molecule has 0 radical (unpaired) electrons. The Labute approximate surface area is 329 Å². The van der Waals surface area contributed by atoms with E-state index in [4.69, 9.17) is 30.5 Å². The van der Waals surface area contributed by atoms with Crippen molar-refractivity contribution in [2.24, 2.45) is 0 Å². The van der Waals surface area contributed by atoms with E-state index in [9.17, 15) is 14.4 Å². The van der Waals surface area contributed by atoms with E-state index in [2.05, 4.69) is 33.4 Å². The molecule has 0 saturated carbocycles. The maximum atomic E-state index is 14.3. The summed E-state index contributed by atoms with van der Waals surface area (Å²) in [4.78, 5) is 46.8. The number of methoxy groups -OCH3 is 3. The Morgan fingerprint density at radius 3 is 2.05 bits per heavy atom. The maximum absolute atomic E-state index is 14.3. The van der Waals surface area contributed by atoms with Gasteiger partial charge >= 0.3 is 5.97 Å². The lowest BCUT2D eigenvalue weighted by atomic mass is 9.71. The molecule has 2 amide bonds. The summed E-state index contributed by atoms with van der Waals surface area (Å²) in [5.41, 5.74) is 4.92. The zero-order valence-corrected chi connectivity index (χ0v) is 33.2. The molecule has 1 unspecified atom stereocenters. The fourth-order valence-corrected chi connectivity index (χ4v) is 8.62. The average Bonchev–Trinajstić information content (AvgIpc) is 3.66. The van der Waals surface area contributed by atoms with E-state index < -0.39 is 5.41 Å². The van der Waals surface area contributed by atoms with Crippen molar-refractivity contribution in [1.82, 2.24) is 25.1 Å². The summed E-state index contributed by atoms with van der Waals surface area (Å²) in [6.07, 6.45) is 2.98. The number of nitrogens with one attached hydrogen (secondary N) is 1. The number of esters is 1. The molecule has 3 aliphatic heterocycles. The number of carbonyl (C=O) groups excluding carboxylic acids is 3. The second-order valence-corrected chi connectivity index (χ2v) is 15.2. The monoisotopic (exact) mass is 775 g/mol. The first kappa shape index (κ1) is 40.3. The standard InChI is InChI=1S/C42H54ClN5O7/c1-5-55-37(49)29-46-22-24-48(25-23-46)44-40(51)42(32-10-7-6-8-11-32)16-19-45(20-17-42)18-14-41(33-12-9-13-34(43)28-33)15-21-47(30-41)39(50)31-26-35(52-2)38(54-4)36(27-31)53-3/h6-13,26-28H,5,14-25,29-30H2,1-4H3,(H,44,51). The van der Waals surface area contributed by atoms with Gasteiger partial charge in [0.2, 0.25) is 11.7 Å². The van der Waals surface area contributed by atoms with Gasteiger partial charge in [-0.25, -0.2) is 5.01 Å². The minimum Gasteiger partial charge on any atom is -0.493 e. The Balaban J connectivity index is 1.13. The quantitative estimate of drug-likeness (QED) is 0.230. The van der Waals surface area contributed by atoms with E-state index in [0.29, 0.717) is 86.6 Å². The van der Waals surface area contributed by atoms with Gasteiger partial charge in [-0.05, 0) is 87.6 Å². The van der Waals surface area contributed by atoms with Crippen molar-refractivity contribution in [3.8, 4) is 17.2 Å². The third-order valence-electron chi connectivity index (χ3n) is 11.7. The van der Waals surface area contributed by atoms with Gasteiger partial charge in [0.05, 0.1) is 39.9 Å². The molecule has 55 heavy (non-hydrogen) atoms. The first-order chi connectivity index (χ1) is 26.6. The molecule has 296 valence electrons. The van der Waals surface area contributed by atoms with Gasteiger partial charge in [-0.15, -0.1) is 0 Å². The summed E-state index contributed by atoms with van der Waals surface area (Å²) in [6, 6.07) is 21.6. The molecule has 13 heteroatoms. The molecule has 6 rings (SSSR count). The molecule has 0 aromatic heterocycles. The molecule has 3 aromatic rings. The molecular weight excluding hydrogens is 722 g/mol. The van der Waals surface area contributed by atoms with Crippen LogP contribution in [0.2, 0.25) is 5.02 Å². The van der Waals surface area contributed by atoms with E-state index in [1.807, 2.05) is 53.2 Å². The third kappa shape index (κ3) is 9.04. The van der Waals surface area contributed by atoms with Crippen molar-refractivity contribution in [3.63, 3.8) is 0 Å². The second kappa shape index (κ2) is 18.1. The van der Waals surface area contributed by atoms with Gasteiger partial charge in [0, 0.05) is 55.3 Å². The summed E-state index contributed by atoms with van der Waals surface area (Å²) < 4.78 is 21.7. The van der Waals surface area contributed by atoms with Gasteiger partial charge in [-0.1, -0.05) is 54.1 Å². The first-order valence-electron chi connectivity index (χ1n) is 19.2. The van der Waals surface area contributed by atoms with E-state index in [-0.39, 0.29) is 29.7 Å². The predicted molar refractivity (Wildman–Crippen MR) is 211 cm³/mol. The lowest BCUT2D eigenvalue weighted by Crippen LogP contribution is -2.59. The van der Waals surface area contributed by atoms with Crippen LogP contribution in [-0.4, -0.2) is 131 Å². The summed E-state index contributed by atoms with van der Waals surface area (Å²) in [5, 5.41) is 2.66. The molecule has 3 fully saturated rings. The molecular formula is C42H54ClN5O7. The van der Waals surface area contributed by atoms with Crippen molar-refractivity contribution in [2.45, 2.75) is 43.4 Å². The molecule has 0 aliphatic carbocycles. The Morgan fingerprint density at radius 1 is 0.764 bits per heavy atom. The number of ether oxygens (including phenoxy) is 4. The van der Waals surface area contributed by atoms with E-state index in [0.717, 1.165) is 43.6 Å². The maximum Gasteiger partial charge on any atom is 0.320 e. The molecule has 1 N–H and O–H groups in total. The highest BCUT2D eigenvalue weighted by atomic mass is 35.5. The highest BCUT2D eigenvalue weighted by molar-refractivity contribution is 6.30. The molecule has 1 atom stereocenters. The number of hydrazine groups is 1. The molecule has 3 aromatic carbocycles. The van der Waals surface area contributed by atoms with Crippen LogP contribution in [0.4, 0.5) is 0 Å². The molecule has 3 saturated heterocycles. The zero-order chi connectivity index (χ0) is 39.0. The number of rotatable bonds is 14. The summed E-state index contributed by atoms with van der Waals surface area (Å²) in [5.74, 6) is 1.01. The van der Waals surface area contributed by atoms with Gasteiger partial charge in [0.1, 0.15) is 0 Å². The van der Waals surface area contributed by atoms with Gasteiger partial charge in [-0.3, -0.25) is 24.7 Å². The van der Waals surface area contributed by atoms with Gasteiger partial charge in [-0.2, -0.15) is 0 Å². The second-order valence-electron chi connectivity index (χ2n) is 14.7. The minimum absolute atomic E-state index is 0.0179. The van der Waals surface area contributed by atoms with E-state index >= 15 is 0 Å². The summed E-state index contributed by atoms with van der Waals surface area (Å²) in [7, 11) is 4.63. The lowest BCUT2D eigenvalue weighted by molar-refractivity contribution is -0.145. The Morgan fingerprint density at radius 2 is 1.44 bits per heavy atom. The fourth-order valence-electron chi connectivity index (χ4n) is 8.43. The average molecular weight is 776 g/mol. The minimum atomic E-state index is -0.665. The van der Waals surface area contributed by atoms with Crippen molar-refractivity contribution >= 4 is 29.4 Å². The number of benzene rings is 3. The Kier molecular flexibility index (Phi) is 13.2. The van der Waals surface area contributed by atoms with E-state index in [1.165, 1.54) is 0 Å². The van der Waals surface area contributed by atoms with Gasteiger partial charge in [0.25, 0.3) is 5.91 Å². The van der Waals surface area contributed by atoms with Crippen LogP contribution < -0.4 is 19.6 Å².